The Hall–Kier alpha value is -0.820. The Bertz CT molecular complexity index is 403. The summed E-state index contributed by atoms with van der Waals surface area (Å²) in [5, 5.41) is 0. The predicted octanol–water partition coefficient (Wildman–Crippen LogP) is 3.70. The Labute approximate surface area is 105 Å². The van der Waals surface area contributed by atoms with Crippen LogP contribution in [0.25, 0.3) is 0 Å². The molecule has 3 aliphatic rings. The average Bonchev–Trinajstić information content (AvgIpc) is 2.52. The molecule has 0 amide bonds. The first-order chi connectivity index (χ1) is 8.20. The number of likely N-dealkylation sites (tertiary alicyclic amines) is 1. The number of hydrogen-bond donors (Lipinski definition) is 0. The van der Waals surface area contributed by atoms with Crippen LogP contribution in [0.2, 0.25) is 0 Å². The van der Waals surface area contributed by atoms with Crippen molar-refractivity contribution in [3.8, 4) is 0 Å². The minimum Gasteiger partial charge on any atom is -0.306 e. The van der Waals surface area contributed by atoms with Gasteiger partial charge in [0.1, 0.15) is 0 Å². The predicted molar refractivity (Wildman–Crippen MR) is 72.9 cm³/mol. The van der Waals surface area contributed by atoms with Gasteiger partial charge in [0.25, 0.3) is 0 Å². The van der Waals surface area contributed by atoms with Crippen molar-refractivity contribution in [2.24, 2.45) is 5.41 Å². The standard InChI is InChI=1S/C16H23N/c1-13-4-3-5-15-14(12-13)6-7-16(15)8-10-17(2)11-9-16/h3-4,12H,5-11H2,1-2H3. The number of hydrogen-bond acceptors (Lipinski definition) is 1. The van der Waals surface area contributed by atoms with Gasteiger partial charge in [-0.25, -0.2) is 0 Å². The molecular weight excluding hydrogens is 206 g/mol. The molecule has 92 valence electrons. The van der Waals surface area contributed by atoms with E-state index >= 15 is 0 Å². The Morgan fingerprint density at radius 2 is 1.94 bits per heavy atom. The fourth-order valence-electron chi connectivity index (χ4n) is 3.81. The maximum atomic E-state index is 2.48. The van der Waals surface area contributed by atoms with Gasteiger partial charge in [0, 0.05) is 0 Å². The first-order valence-electron chi connectivity index (χ1n) is 6.96. The maximum Gasteiger partial charge on any atom is -0.00134 e. The third-order valence-electron chi connectivity index (χ3n) is 4.95. The van der Waals surface area contributed by atoms with Crippen LogP contribution >= 0.6 is 0 Å². The van der Waals surface area contributed by atoms with Gasteiger partial charge in [0.05, 0.1) is 0 Å². The van der Waals surface area contributed by atoms with Crippen molar-refractivity contribution in [3.63, 3.8) is 0 Å². The summed E-state index contributed by atoms with van der Waals surface area (Å²) in [7, 11) is 2.26. The van der Waals surface area contributed by atoms with E-state index in [0.717, 1.165) is 0 Å². The van der Waals surface area contributed by atoms with Gasteiger partial charge in [-0.05, 0) is 70.2 Å². The molecule has 3 rings (SSSR count). The van der Waals surface area contributed by atoms with E-state index in [1.165, 1.54) is 50.8 Å². The van der Waals surface area contributed by atoms with Gasteiger partial charge in [-0.2, -0.15) is 0 Å². The molecule has 0 bridgehead atoms. The quantitative estimate of drug-likeness (QED) is 0.612. The highest BCUT2D eigenvalue weighted by Crippen LogP contribution is 2.52. The van der Waals surface area contributed by atoms with E-state index in [0.29, 0.717) is 5.41 Å². The molecule has 0 atom stereocenters. The van der Waals surface area contributed by atoms with Gasteiger partial charge in [-0.15, -0.1) is 0 Å². The molecule has 0 aromatic rings. The lowest BCUT2D eigenvalue weighted by molar-refractivity contribution is 0.153. The number of piperidine rings is 1. The third kappa shape index (κ3) is 1.91. The molecule has 1 heterocycles. The van der Waals surface area contributed by atoms with E-state index < -0.39 is 0 Å². The van der Waals surface area contributed by atoms with E-state index in [9.17, 15) is 0 Å². The van der Waals surface area contributed by atoms with Crippen LogP contribution in [0.5, 0.6) is 0 Å². The largest absolute Gasteiger partial charge is 0.306 e. The fourth-order valence-corrected chi connectivity index (χ4v) is 3.81. The maximum absolute atomic E-state index is 2.48. The van der Waals surface area contributed by atoms with Crippen molar-refractivity contribution >= 4 is 0 Å². The van der Waals surface area contributed by atoms with Crippen LogP contribution in [0.3, 0.4) is 0 Å². The van der Waals surface area contributed by atoms with Crippen molar-refractivity contribution in [2.45, 2.75) is 39.0 Å². The molecule has 0 saturated carbocycles. The van der Waals surface area contributed by atoms with Crippen LogP contribution in [0.1, 0.15) is 39.0 Å². The van der Waals surface area contributed by atoms with Crippen molar-refractivity contribution in [1.29, 1.82) is 0 Å². The molecule has 1 spiro atoms. The van der Waals surface area contributed by atoms with Crippen molar-refractivity contribution < 1.29 is 0 Å². The Kier molecular flexibility index (Phi) is 2.74. The molecule has 0 radical (unpaired) electrons. The minimum absolute atomic E-state index is 0.563. The van der Waals surface area contributed by atoms with Crippen LogP contribution in [-0.4, -0.2) is 25.0 Å². The van der Waals surface area contributed by atoms with Crippen molar-refractivity contribution in [2.75, 3.05) is 20.1 Å². The molecule has 1 heteroatoms. The van der Waals surface area contributed by atoms with E-state index in [1.54, 1.807) is 11.1 Å². The highest BCUT2D eigenvalue weighted by molar-refractivity contribution is 5.43. The summed E-state index contributed by atoms with van der Waals surface area (Å²) >= 11 is 0. The number of nitrogens with zero attached hydrogens (tertiary/aromatic N) is 1. The van der Waals surface area contributed by atoms with E-state index in [-0.39, 0.29) is 0 Å². The van der Waals surface area contributed by atoms with Gasteiger partial charge in [-0.1, -0.05) is 29.4 Å². The second kappa shape index (κ2) is 4.13. The van der Waals surface area contributed by atoms with E-state index in [4.69, 9.17) is 0 Å². The minimum atomic E-state index is 0.563. The van der Waals surface area contributed by atoms with Crippen LogP contribution in [0.15, 0.2) is 34.9 Å². The molecule has 1 aliphatic heterocycles. The van der Waals surface area contributed by atoms with Crippen molar-refractivity contribution in [1.82, 2.24) is 4.90 Å². The highest BCUT2D eigenvalue weighted by atomic mass is 15.1. The monoisotopic (exact) mass is 229 g/mol. The molecular formula is C16H23N. The molecule has 2 aliphatic carbocycles. The van der Waals surface area contributed by atoms with E-state index in [1.807, 2.05) is 0 Å². The third-order valence-corrected chi connectivity index (χ3v) is 4.95. The lowest BCUT2D eigenvalue weighted by Gasteiger charge is -2.40. The second-order valence-corrected chi connectivity index (χ2v) is 6.08. The average molecular weight is 229 g/mol. The van der Waals surface area contributed by atoms with E-state index in [2.05, 4.69) is 37.1 Å². The van der Waals surface area contributed by atoms with Crippen LogP contribution < -0.4 is 0 Å². The SMILES string of the molecule is CC1=CC2=C(CC=C1)C1(CC2)CCN(C)CC1. The Balaban J connectivity index is 1.92. The Morgan fingerprint density at radius 3 is 2.71 bits per heavy atom. The summed E-state index contributed by atoms with van der Waals surface area (Å²) in [5.74, 6) is 0. The zero-order valence-electron chi connectivity index (χ0n) is 11.1. The number of fused-ring (bicyclic) bond motifs is 1. The first-order valence-corrected chi connectivity index (χ1v) is 6.96. The number of rotatable bonds is 0. The highest BCUT2D eigenvalue weighted by Gasteiger charge is 2.41. The normalized spacial score (nSPS) is 28.2. The number of allylic oxidation sites excluding steroid dienone is 6. The lowest BCUT2D eigenvalue weighted by Crippen LogP contribution is -2.37. The summed E-state index contributed by atoms with van der Waals surface area (Å²) in [6.45, 7) is 4.79. The second-order valence-electron chi connectivity index (χ2n) is 6.08. The lowest BCUT2D eigenvalue weighted by atomic mass is 9.72. The molecule has 1 saturated heterocycles. The summed E-state index contributed by atoms with van der Waals surface area (Å²) in [6.07, 6.45) is 13.8. The molecule has 0 aromatic heterocycles. The smallest absolute Gasteiger partial charge is 0.00134 e. The zero-order chi connectivity index (χ0) is 11.9. The van der Waals surface area contributed by atoms with Gasteiger partial charge >= 0.3 is 0 Å². The van der Waals surface area contributed by atoms with Crippen LogP contribution in [0.4, 0.5) is 0 Å². The molecule has 1 fully saturated rings. The topological polar surface area (TPSA) is 3.24 Å². The van der Waals surface area contributed by atoms with Crippen LogP contribution in [-0.2, 0) is 0 Å². The first kappa shape index (κ1) is 11.3. The molecule has 0 unspecified atom stereocenters. The molecule has 0 N–H and O–H groups in total. The zero-order valence-corrected chi connectivity index (χ0v) is 11.1. The van der Waals surface area contributed by atoms with Gasteiger partial charge in [-0.3, -0.25) is 0 Å². The summed E-state index contributed by atoms with van der Waals surface area (Å²) in [6, 6.07) is 0. The molecule has 0 aromatic carbocycles. The molecule has 17 heavy (non-hydrogen) atoms. The molecule has 1 nitrogen and oxygen atoms in total. The van der Waals surface area contributed by atoms with Crippen LogP contribution in [0, 0.1) is 5.41 Å². The Morgan fingerprint density at radius 1 is 1.18 bits per heavy atom. The van der Waals surface area contributed by atoms with Gasteiger partial charge in [0.2, 0.25) is 0 Å². The fraction of sp³-hybridized carbons (Fsp3) is 0.625. The summed E-state index contributed by atoms with van der Waals surface area (Å²) < 4.78 is 0. The van der Waals surface area contributed by atoms with Gasteiger partial charge < -0.3 is 4.90 Å². The van der Waals surface area contributed by atoms with Crippen molar-refractivity contribution in [3.05, 3.63) is 34.9 Å². The van der Waals surface area contributed by atoms with Gasteiger partial charge in [0.15, 0.2) is 0 Å². The summed E-state index contributed by atoms with van der Waals surface area (Å²) in [4.78, 5) is 2.48. The summed E-state index contributed by atoms with van der Waals surface area (Å²) in [5.41, 5.74) is 5.43.